The van der Waals surface area contributed by atoms with Crippen molar-refractivity contribution in [3.63, 3.8) is 0 Å². The molecule has 3 aromatic rings. The van der Waals surface area contributed by atoms with Crippen LogP contribution in [0.1, 0.15) is 63.4 Å². The number of esters is 1. The maximum absolute atomic E-state index is 12.4. The van der Waals surface area contributed by atoms with Crippen LogP contribution in [0.15, 0.2) is 84.9 Å². The fourth-order valence-corrected chi connectivity index (χ4v) is 5.23. The van der Waals surface area contributed by atoms with Crippen molar-refractivity contribution in [3.8, 4) is 16.9 Å². The second-order valence-electron chi connectivity index (χ2n) is 10.2. The first kappa shape index (κ1) is 27.6. The van der Waals surface area contributed by atoms with Crippen LogP contribution in [0.3, 0.4) is 0 Å². The van der Waals surface area contributed by atoms with Gasteiger partial charge in [-0.25, -0.2) is 0 Å². The van der Waals surface area contributed by atoms with E-state index in [-0.39, 0.29) is 24.0 Å². The Bertz CT molecular complexity index is 1150. The normalized spacial score (nSPS) is 16.0. The molecule has 1 saturated heterocycles. The maximum Gasteiger partial charge on any atom is 0.311 e. The van der Waals surface area contributed by atoms with E-state index >= 15 is 0 Å². The van der Waals surface area contributed by atoms with Gasteiger partial charge in [0, 0.05) is 25.4 Å². The molecule has 1 aliphatic heterocycles. The number of aliphatic hydroxyl groups is 1. The van der Waals surface area contributed by atoms with E-state index < -0.39 is 0 Å². The molecule has 0 saturated carbocycles. The molecule has 1 heterocycles. The second kappa shape index (κ2) is 14.5. The molecule has 0 unspecified atom stereocenters. The number of carbonyl (C=O) groups is 2. The second-order valence-corrected chi connectivity index (χ2v) is 10.2. The maximum atomic E-state index is 12.4. The van der Waals surface area contributed by atoms with E-state index in [9.17, 15) is 14.7 Å². The van der Waals surface area contributed by atoms with Crippen molar-refractivity contribution >= 4 is 11.9 Å². The summed E-state index contributed by atoms with van der Waals surface area (Å²) in [6, 6.07) is 27.9. The predicted molar refractivity (Wildman–Crippen MR) is 151 cm³/mol. The van der Waals surface area contributed by atoms with Crippen LogP contribution in [-0.4, -0.2) is 40.6 Å². The van der Waals surface area contributed by atoms with Gasteiger partial charge in [-0.2, -0.15) is 0 Å². The SMILES string of the molecule is O=C(CCCCCCN1C(=O)CC[C@@H]1CC[C@@H](O)Cc1ccccc1)Oc1cccc(-c2ccccc2)c1. The lowest BCUT2D eigenvalue weighted by Crippen LogP contribution is -2.34. The Hall–Kier alpha value is -3.44. The number of hydrogen-bond donors (Lipinski definition) is 1. The van der Waals surface area contributed by atoms with Gasteiger partial charge < -0.3 is 14.7 Å². The van der Waals surface area contributed by atoms with Crippen LogP contribution >= 0.6 is 0 Å². The Morgan fingerprint density at radius 3 is 2.39 bits per heavy atom. The Morgan fingerprint density at radius 1 is 0.895 bits per heavy atom. The summed E-state index contributed by atoms with van der Waals surface area (Å²) in [5.74, 6) is 0.594. The molecule has 0 aliphatic carbocycles. The predicted octanol–water partition coefficient (Wildman–Crippen LogP) is 6.58. The molecular weight excluding hydrogens is 474 g/mol. The smallest absolute Gasteiger partial charge is 0.311 e. The Morgan fingerprint density at radius 2 is 1.61 bits per heavy atom. The summed E-state index contributed by atoms with van der Waals surface area (Å²) in [7, 11) is 0. The summed E-state index contributed by atoms with van der Waals surface area (Å²) in [5, 5.41) is 10.5. The zero-order valence-corrected chi connectivity index (χ0v) is 22.1. The lowest BCUT2D eigenvalue weighted by Gasteiger charge is -2.25. The monoisotopic (exact) mass is 513 g/mol. The average molecular weight is 514 g/mol. The van der Waals surface area contributed by atoms with Crippen molar-refractivity contribution < 1.29 is 19.4 Å². The Kier molecular flexibility index (Phi) is 10.5. The van der Waals surface area contributed by atoms with Crippen molar-refractivity contribution in [2.45, 2.75) is 76.4 Å². The summed E-state index contributed by atoms with van der Waals surface area (Å²) >= 11 is 0. The third-order valence-electron chi connectivity index (χ3n) is 7.30. The lowest BCUT2D eigenvalue weighted by molar-refractivity contribution is -0.134. The molecule has 2 atom stereocenters. The highest BCUT2D eigenvalue weighted by Crippen LogP contribution is 2.26. The van der Waals surface area contributed by atoms with Gasteiger partial charge >= 0.3 is 5.97 Å². The van der Waals surface area contributed by atoms with Crippen molar-refractivity contribution in [3.05, 3.63) is 90.5 Å². The van der Waals surface area contributed by atoms with Gasteiger partial charge in [-0.05, 0) is 67.3 Å². The summed E-state index contributed by atoms with van der Waals surface area (Å²) in [6.07, 6.45) is 7.33. The zero-order chi connectivity index (χ0) is 26.6. The number of amides is 1. The number of aliphatic hydroxyl groups excluding tert-OH is 1. The molecule has 5 heteroatoms. The van der Waals surface area contributed by atoms with E-state index in [1.165, 1.54) is 0 Å². The van der Waals surface area contributed by atoms with Crippen molar-refractivity contribution in [1.29, 1.82) is 0 Å². The van der Waals surface area contributed by atoms with Crippen LogP contribution in [0.4, 0.5) is 0 Å². The highest BCUT2D eigenvalue weighted by atomic mass is 16.5. The van der Waals surface area contributed by atoms with Crippen LogP contribution in [0.25, 0.3) is 11.1 Å². The number of unbranched alkanes of at least 4 members (excludes halogenated alkanes) is 3. The van der Waals surface area contributed by atoms with Crippen molar-refractivity contribution in [2.24, 2.45) is 0 Å². The molecule has 0 radical (unpaired) electrons. The van der Waals surface area contributed by atoms with Crippen LogP contribution in [-0.2, 0) is 16.0 Å². The molecule has 1 fully saturated rings. The molecule has 200 valence electrons. The Labute approximate surface area is 226 Å². The number of likely N-dealkylation sites (tertiary alicyclic amines) is 1. The summed E-state index contributed by atoms with van der Waals surface area (Å²) in [5.41, 5.74) is 3.26. The van der Waals surface area contributed by atoms with Gasteiger partial charge in [0.1, 0.15) is 5.75 Å². The molecule has 1 amide bonds. The first-order valence-corrected chi connectivity index (χ1v) is 14.0. The van der Waals surface area contributed by atoms with Crippen molar-refractivity contribution in [1.82, 2.24) is 4.90 Å². The molecular formula is C33H39NO4. The van der Waals surface area contributed by atoms with Gasteiger partial charge in [0.2, 0.25) is 5.91 Å². The largest absolute Gasteiger partial charge is 0.427 e. The van der Waals surface area contributed by atoms with Gasteiger partial charge in [-0.3, -0.25) is 9.59 Å². The first-order chi connectivity index (χ1) is 18.6. The minimum atomic E-state index is -0.379. The van der Waals surface area contributed by atoms with E-state index in [1.54, 1.807) is 0 Å². The fraction of sp³-hybridized carbons (Fsp3) is 0.394. The van der Waals surface area contributed by atoms with E-state index in [4.69, 9.17) is 4.74 Å². The Balaban J connectivity index is 1.11. The number of carbonyl (C=O) groups excluding carboxylic acids is 2. The van der Waals surface area contributed by atoms with Crippen LogP contribution in [0.5, 0.6) is 5.75 Å². The van der Waals surface area contributed by atoms with Crippen LogP contribution in [0, 0.1) is 0 Å². The highest BCUT2D eigenvalue weighted by Gasteiger charge is 2.30. The van der Waals surface area contributed by atoms with E-state index in [0.29, 0.717) is 31.4 Å². The van der Waals surface area contributed by atoms with Gasteiger partial charge in [-0.15, -0.1) is 0 Å². The quantitative estimate of drug-likeness (QED) is 0.150. The third-order valence-corrected chi connectivity index (χ3v) is 7.30. The molecule has 5 nitrogen and oxygen atoms in total. The topological polar surface area (TPSA) is 66.8 Å². The molecule has 4 rings (SSSR count). The standard InChI is InChI=1S/C33H39NO4/c35-30(24-26-12-5-3-6-13-26)21-19-29-20-22-32(36)34(29)23-10-2-1-9-18-33(37)38-31-17-11-16-28(25-31)27-14-7-4-8-15-27/h3-8,11-17,25,29-30,35H,1-2,9-10,18-24H2/t29-,30+/m0/s1. The highest BCUT2D eigenvalue weighted by molar-refractivity contribution is 5.78. The number of rotatable bonds is 14. The minimum absolute atomic E-state index is 0.209. The number of ether oxygens (including phenoxy) is 1. The van der Waals surface area contributed by atoms with Gasteiger partial charge in [0.25, 0.3) is 0 Å². The summed E-state index contributed by atoms with van der Waals surface area (Å²) < 4.78 is 5.56. The molecule has 3 aromatic carbocycles. The van der Waals surface area contributed by atoms with Gasteiger partial charge in [0.15, 0.2) is 0 Å². The third kappa shape index (κ3) is 8.56. The first-order valence-electron chi connectivity index (χ1n) is 14.0. The number of nitrogens with zero attached hydrogens (tertiary/aromatic N) is 1. The van der Waals surface area contributed by atoms with E-state index in [2.05, 4.69) is 0 Å². The van der Waals surface area contributed by atoms with E-state index in [0.717, 1.165) is 61.8 Å². The lowest BCUT2D eigenvalue weighted by atomic mass is 10.0. The van der Waals surface area contributed by atoms with Crippen molar-refractivity contribution in [2.75, 3.05) is 6.54 Å². The molecule has 1 aliphatic rings. The van der Waals surface area contributed by atoms with Gasteiger partial charge in [-0.1, -0.05) is 85.6 Å². The summed E-state index contributed by atoms with van der Waals surface area (Å²) in [4.78, 5) is 26.8. The fourth-order valence-electron chi connectivity index (χ4n) is 5.23. The molecule has 38 heavy (non-hydrogen) atoms. The molecule has 0 bridgehead atoms. The average Bonchev–Trinajstić information content (AvgIpc) is 3.29. The number of benzene rings is 3. The molecule has 0 aromatic heterocycles. The van der Waals surface area contributed by atoms with Crippen LogP contribution in [0.2, 0.25) is 0 Å². The van der Waals surface area contributed by atoms with E-state index in [1.807, 2.05) is 89.8 Å². The van der Waals surface area contributed by atoms with Gasteiger partial charge in [0.05, 0.1) is 6.10 Å². The number of hydrogen-bond acceptors (Lipinski definition) is 4. The summed E-state index contributed by atoms with van der Waals surface area (Å²) in [6.45, 7) is 0.759. The zero-order valence-electron chi connectivity index (χ0n) is 22.1. The molecule has 1 N–H and O–H groups in total. The van der Waals surface area contributed by atoms with Crippen LogP contribution < -0.4 is 4.74 Å². The molecule has 0 spiro atoms. The minimum Gasteiger partial charge on any atom is -0.427 e.